The Morgan fingerprint density at radius 2 is 1.97 bits per heavy atom. The monoisotopic (exact) mass is 413 g/mol. The summed E-state index contributed by atoms with van der Waals surface area (Å²) < 4.78 is 27.9. The van der Waals surface area contributed by atoms with Crippen molar-refractivity contribution in [1.29, 1.82) is 0 Å². The summed E-state index contributed by atoms with van der Waals surface area (Å²) >= 11 is 0. The lowest BCUT2D eigenvalue weighted by molar-refractivity contribution is 0.0167. The van der Waals surface area contributed by atoms with Gasteiger partial charge in [-0.25, -0.2) is 8.78 Å². The Bertz CT molecular complexity index is 1090. The van der Waals surface area contributed by atoms with Gasteiger partial charge in [-0.1, -0.05) is 18.2 Å². The van der Waals surface area contributed by atoms with E-state index in [1.807, 2.05) is 30.9 Å². The first-order chi connectivity index (χ1) is 14.1. The van der Waals surface area contributed by atoms with Crippen molar-refractivity contribution in [2.45, 2.75) is 45.8 Å². The predicted octanol–water partition coefficient (Wildman–Crippen LogP) is 4.11. The Balaban J connectivity index is 1.70. The van der Waals surface area contributed by atoms with Crippen LogP contribution in [0.1, 0.15) is 42.3 Å². The fourth-order valence-electron chi connectivity index (χ4n) is 3.98. The SMILES string of the molecule is Cc1c([C@@H](C)Nc2nnc(C)c3ncc(N4CC(O)C4)cc23)cccc1C(C)(F)F. The van der Waals surface area contributed by atoms with Gasteiger partial charge < -0.3 is 15.3 Å². The number of aliphatic hydroxyl groups is 1. The van der Waals surface area contributed by atoms with Crippen LogP contribution in [0.2, 0.25) is 0 Å². The van der Waals surface area contributed by atoms with Crippen LogP contribution in [0.3, 0.4) is 0 Å². The van der Waals surface area contributed by atoms with E-state index in [1.165, 1.54) is 6.07 Å². The maximum atomic E-state index is 14.0. The Morgan fingerprint density at radius 3 is 2.63 bits per heavy atom. The summed E-state index contributed by atoms with van der Waals surface area (Å²) in [5.41, 5.74) is 3.70. The van der Waals surface area contributed by atoms with E-state index in [0.29, 0.717) is 30.2 Å². The average molecular weight is 413 g/mol. The van der Waals surface area contributed by atoms with Crippen LogP contribution in [-0.4, -0.2) is 39.5 Å². The number of nitrogens with one attached hydrogen (secondary N) is 1. The lowest BCUT2D eigenvalue weighted by atomic mass is 9.94. The Labute approximate surface area is 174 Å². The van der Waals surface area contributed by atoms with Crippen LogP contribution in [0, 0.1) is 13.8 Å². The van der Waals surface area contributed by atoms with E-state index >= 15 is 0 Å². The summed E-state index contributed by atoms with van der Waals surface area (Å²) in [5.74, 6) is -2.36. The molecule has 0 bridgehead atoms. The number of aryl methyl sites for hydroxylation is 1. The fourth-order valence-corrected chi connectivity index (χ4v) is 3.98. The van der Waals surface area contributed by atoms with Gasteiger partial charge in [0, 0.05) is 31.0 Å². The normalized spacial score (nSPS) is 15.9. The highest BCUT2D eigenvalue weighted by Gasteiger charge is 2.28. The Hall–Kier alpha value is -2.87. The summed E-state index contributed by atoms with van der Waals surface area (Å²) in [7, 11) is 0. The second-order valence-corrected chi connectivity index (χ2v) is 8.06. The molecule has 2 aromatic heterocycles. The molecule has 1 aromatic carbocycles. The van der Waals surface area contributed by atoms with Crippen LogP contribution in [-0.2, 0) is 5.92 Å². The summed E-state index contributed by atoms with van der Waals surface area (Å²) in [4.78, 5) is 6.59. The molecule has 0 saturated carbocycles. The van der Waals surface area contributed by atoms with Crippen molar-refractivity contribution < 1.29 is 13.9 Å². The smallest absolute Gasteiger partial charge is 0.270 e. The van der Waals surface area contributed by atoms with E-state index in [-0.39, 0.29) is 17.7 Å². The van der Waals surface area contributed by atoms with Gasteiger partial charge in [0.1, 0.15) is 0 Å². The molecule has 0 aliphatic carbocycles. The number of rotatable bonds is 5. The molecule has 2 N–H and O–H groups in total. The molecule has 0 unspecified atom stereocenters. The number of anilines is 2. The molecule has 1 saturated heterocycles. The van der Waals surface area contributed by atoms with Crippen LogP contribution in [0.25, 0.3) is 10.9 Å². The lowest BCUT2D eigenvalue weighted by Gasteiger charge is -2.37. The van der Waals surface area contributed by atoms with Crippen LogP contribution in [0.4, 0.5) is 20.3 Å². The van der Waals surface area contributed by atoms with Gasteiger partial charge in [-0.15, -0.1) is 5.10 Å². The third-order valence-corrected chi connectivity index (χ3v) is 5.67. The highest BCUT2D eigenvalue weighted by Crippen LogP contribution is 2.35. The molecule has 8 heteroatoms. The molecule has 6 nitrogen and oxygen atoms in total. The lowest BCUT2D eigenvalue weighted by Crippen LogP contribution is -2.50. The summed E-state index contributed by atoms with van der Waals surface area (Å²) in [6.07, 6.45) is 1.45. The van der Waals surface area contributed by atoms with E-state index in [2.05, 4.69) is 20.5 Å². The number of benzene rings is 1. The molecular formula is C22H25F2N5O. The quantitative estimate of drug-likeness (QED) is 0.656. The van der Waals surface area contributed by atoms with E-state index in [1.54, 1.807) is 19.2 Å². The van der Waals surface area contributed by atoms with Crippen molar-refractivity contribution >= 4 is 22.4 Å². The maximum Gasteiger partial charge on any atom is 0.270 e. The molecule has 0 amide bonds. The molecular weight excluding hydrogens is 388 g/mol. The van der Waals surface area contributed by atoms with Crippen molar-refractivity contribution in [2.75, 3.05) is 23.3 Å². The third kappa shape index (κ3) is 3.67. The fraction of sp³-hybridized carbons (Fsp3) is 0.409. The topological polar surface area (TPSA) is 74.2 Å². The van der Waals surface area contributed by atoms with E-state index in [0.717, 1.165) is 29.1 Å². The first-order valence-electron chi connectivity index (χ1n) is 9.95. The number of β-amino-alcohol motifs (C(OH)–C–C–N with tert-alkyl or cyclic N) is 1. The maximum absolute atomic E-state index is 14.0. The van der Waals surface area contributed by atoms with E-state index in [4.69, 9.17) is 0 Å². The average Bonchev–Trinajstić information content (AvgIpc) is 2.66. The zero-order valence-electron chi connectivity index (χ0n) is 17.4. The largest absolute Gasteiger partial charge is 0.389 e. The number of hydrogen-bond acceptors (Lipinski definition) is 6. The van der Waals surface area contributed by atoms with Crippen LogP contribution < -0.4 is 10.2 Å². The van der Waals surface area contributed by atoms with Gasteiger partial charge in [-0.05, 0) is 38.0 Å². The molecule has 0 radical (unpaired) electrons. The number of alkyl halides is 2. The number of aliphatic hydroxyl groups excluding tert-OH is 1. The summed E-state index contributed by atoms with van der Waals surface area (Å²) in [6, 6.07) is 6.68. The molecule has 3 aromatic rings. The van der Waals surface area contributed by atoms with Crippen LogP contribution >= 0.6 is 0 Å². The predicted molar refractivity (Wildman–Crippen MR) is 113 cm³/mol. The second kappa shape index (κ2) is 7.43. The van der Waals surface area contributed by atoms with Gasteiger partial charge in [0.15, 0.2) is 5.82 Å². The molecule has 3 heterocycles. The molecule has 1 fully saturated rings. The van der Waals surface area contributed by atoms with Crippen molar-refractivity contribution in [1.82, 2.24) is 15.2 Å². The van der Waals surface area contributed by atoms with Crippen molar-refractivity contribution in [3.05, 3.63) is 52.8 Å². The highest BCUT2D eigenvalue weighted by molar-refractivity contribution is 5.92. The molecule has 1 aliphatic rings. The summed E-state index contributed by atoms with van der Waals surface area (Å²) in [5, 5.41) is 22.3. The number of halogens is 2. The van der Waals surface area contributed by atoms with Crippen LogP contribution in [0.5, 0.6) is 0 Å². The standard InChI is InChI=1S/C22H25F2N5O/c1-12-17(6-5-7-19(12)22(4,23)24)13(2)26-21-18-8-15(29-10-16(30)11-29)9-25-20(18)14(3)27-28-21/h5-9,13,16,30H,10-11H2,1-4H3,(H,26,28)/t13-/m1/s1. The molecule has 30 heavy (non-hydrogen) atoms. The van der Waals surface area contributed by atoms with Gasteiger partial charge in [0.2, 0.25) is 0 Å². The molecule has 0 spiro atoms. The minimum absolute atomic E-state index is 0.0220. The minimum Gasteiger partial charge on any atom is -0.389 e. The van der Waals surface area contributed by atoms with Crippen molar-refractivity contribution in [3.8, 4) is 0 Å². The highest BCUT2D eigenvalue weighted by atomic mass is 19.3. The molecule has 1 aliphatic heterocycles. The Kier molecular flexibility index (Phi) is 5.05. The van der Waals surface area contributed by atoms with Gasteiger partial charge in [-0.3, -0.25) is 4.98 Å². The number of pyridine rings is 1. The minimum atomic E-state index is -2.91. The number of fused-ring (bicyclic) bond motifs is 1. The van der Waals surface area contributed by atoms with Crippen LogP contribution in [0.15, 0.2) is 30.5 Å². The van der Waals surface area contributed by atoms with Gasteiger partial charge in [0.25, 0.3) is 5.92 Å². The van der Waals surface area contributed by atoms with E-state index in [9.17, 15) is 13.9 Å². The number of nitrogens with zero attached hydrogens (tertiary/aromatic N) is 4. The number of hydrogen-bond donors (Lipinski definition) is 2. The Morgan fingerprint density at radius 1 is 1.23 bits per heavy atom. The molecule has 4 rings (SSSR count). The summed E-state index contributed by atoms with van der Waals surface area (Å²) in [6.45, 7) is 7.53. The second-order valence-electron chi connectivity index (χ2n) is 8.06. The van der Waals surface area contributed by atoms with Gasteiger partial charge >= 0.3 is 0 Å². The van der Waals surface area contributed by atoms with Gasteiger partial charge in [-0.2, -0.15) is 5.10 Å². The van der Waals surface area contributed by atoms with E-state index < -0.39 is 5.92 Å². The zero-order chi connectivity index (χ0) is 21.6. The number of aromatic nitrogens is 3. The van der Waals surface area contributed by atoms with Gasteiger partial charge in [0.05, 0.1) is 35.2 Å². The molecule has 158 valence electrons. The molecule has 1 atom stereocenters. The third-order valence-electron chi connectivity index (χ3n) is 5.67. The zero-order valence-corrected chi connectivity index (χ0v) is 17.4. The van der Waals surface area contributed by atoms with Crippen molar-refractivity contribution in [2.24, 2.45) is 0 Å². The first-order valence-corrected chi connectivity index (χ1v) is 9.95. The first kappa shape index (κ1) is 20.4. The van der Waals surface area contributed by atoms with Crippen molar-refractivity contribution in [3.63, 3.8) is 0 Å².